The molecule has 0 bridgehead atoms. The van der Waals surface area contributed by atoms with E-state index in [4.69, 9.17) is 5.84 Å². The van der Waals surface area contributed by atoms with Crippen molar-refractivity contribution in [3.63, 3.8) is 0 Å². The first kappa shape index (κ1) is 16.1. The van der Waals surface area contributed by atoms with E-state index in [-0.39, 0.29) is 5.41 Å². The predicted molar refractivity (Wildman–Crippen MR) is 91.3 cm³/mol. The minimum absolute atomic E-state index is 0.147. The second kappa shape index (κ2) is 6.03. The maximum Gasteiger partial charge on any atom is 0.337 e. The van der Waals surface area contributed by atoms with Crippen LogP contribution in [0.4, 0.5) is 0 Å². The van der Waals surface area contributed by atoms with Gasteiger partial charge in [0.05, 0.1) is 28.4 Å². The van der Waals surface area contributed by atoms with Crippen LogP contribution in [-0.2, 0) is 19.4 Å². The Bertz CT molecular complexity index is 752. The predicted octanol–water partition coefficient (Wildman–Crippen LogP) is 2.99. The Balaban J connectivity index is 2.12. The number of carbonyl (C=O) groups is 1. The Labute approximate surface area is 139 Å². The Hall–Kier alpha value is -1.76. The number of hydrogen-bond acceptors (Lipinski definition) is 5. The van der Waals surface area contributed by atoms with Gasteiger partial charge in [0.2, 0.25) is 0 Å². The lowest BCUT2D eigenvalue weighted by atomic mass is 9.76. The van der Waals surface area contributed by atoms with Crippen molar-refractivity contribution in [2.75, 3.05) is 0 Å². The quantitative estimate of drug-likeness (QED) is 0.592. The molecule has 0 aromatic carbocycles. The lowest BCUT2D eigenvalue weighted by Gasteiger charge is -2.29. The molecule has 1 aliphatic carbocycles. The highest BCUT2D eigenvalue weighted by Gasteiger charge is 2.33. The molecule has 1 aliphatic rings. The molecule has 0 unspecified atom stereocenters. The van der Waals surface area contributed by atoms with Crippen LogP contribution in [0.5, 0.6) is 0 Å². The van der Waals surface area contributed by atoms with E-state index in [1.807, 2.05) is 18.2 Å². The van der Waals surface area contributed by atoms with Crippen molar-refractivity contribution >= 4 is 17.3 Å². The van der Waals surface area contributed by atoms with Gasteiger partial charge in [-0.3, -0.25) is 16.3 Å². The van der Waals surface area contributed by atoms with Crippen molar-refractivity contribution in [2.45, 2.75) is 39.7 Å². The van der Waals surface area contributed by atoms with Gasteiger partial charge < -0.3 is 5.11 Å². The molecular formula is C17H21N3O2S. The van der Waals surface area contributed by atoms with Gasteiger partial charge in [0.25, 0.3) is 0 Å². The van der Waals surface area contributed by atoms with Crippen LogP contribution in [0.25, 0.3) is 10.6 Å². The molecule has 0 aliphatic heterocycles. The normalized spacial score (nSPS) is 16.1. The molecule has 0 amide bonds. The van der Waals surface area contributed by atoms with Crippen molar-refractivity contribution in [1.29, 1.82) is 0 Å². The van der Waals surface area contributed by atoms with Gasteiger partial charge >= 0.3 is 5.97 Å². The van der Waals surface area contributed by atoms with Crippen LogP contribution in [-0.4, -0.2) is 16.1 Å². The topological polar surface area (TPSA) is 88.2 Å². The molecule has 0 saturated carbocycles. The number of nitrogens with one attached hydrogen (secondary N) is 1. The Morgan fingerprint density at radius 1 is 1.48 bits per heavy atom. The van der Waals surface area contributed by atoms with Crippen molar-refractivity contribution < 1.29 is 9.90 Å². The van der Waals surface area contributed by atoms with E-state index in [1.165, 1.54) is 4.88 Å². The second-order valence-electron chi connectivity index (χ2n) is 6.75. The molecule has 5 nitrogen and oxygen atoms in total. The summed E-state index contributed by atoms with van der Waals surface area (Å²) >= 11 is 1.58. The summed E-state index contributed by atoms with van der Waals surface area (Å²) in [6.07, 6.45) is 2.84. The number of aryl methyl sites for hydroxylation is 1. The van der Waals surface area contributed by atoms with Crippen LogP contribution in [0.3, 0.4) is 0 Å². The van der Waals surface area contributed by atoms with E-state index < -0.39 is 5.97 Å². The van der Waals surface area contributed by atoms with Gasteiger partial charge in [-0.1, -0.05) is 19.9 Å². The molecule has 23 heavy (non-hydrogen) atoms. The zero-order valence-electron chi connectivity index (χ0n) is 13.3. The maximum atomic E-state index is 11.9. The average Bonchev–Trinajstić information content (AvgIpc) is 2.85. The van der Waals surface area contributed by atoms with Crippen molar-refractivity contribution in [1.82, 2.24) is 10.4 Å². The average molecular weight is 331 g/mol. The van der Waals surface area contributed by atoms with Gasteiger partial charge in [-0.05, 0) is 42.4 Å². The molecule has 2 heterocycles. The van der Waals surface area contributed by atoms with Gasteiger partial charge in [0.1, 0.15) is 0 Å². The first-order valence-corrected chi connectivity index (χ1v) is 8.50. The minimum atomic E-state index is -0.862. The largest absolute Gasteiger partial charge is 0.478 e. The van der Waals surface area contributed by atoms with E-state index in [1.54, 1.807) is 11.3 Å². The molecule has 0 saturated heterocycles. The van der Waals surface area contributed by atoms with Crippen molar-refractivity contribution in [3.8, 4) is 10.6 Å². The summed E-state index contributed by atoms with van der Waals surface area (Å²) in [6.45, 7) is 4.85. The van der Waals surface area contributed by atoms with Crippen LogP contribution in [0.1, 0.15) is 46.8 Å². The summed E-state index contributed by atoms with van der Waals surface area (Å²) < 4.78 is 0. The third-order valence-corrected chi connectivity index (χ3v) is 5.63. The molecule has 2 aromatic rings. The van der Waals surface area contributed by atoms with Crippen molar-refractivity contribution in [2.24, 2.45) is 11.3 Å². The van der Waals surface area contributed by atoms with Crippen molar-refractivity contribution in [3.05, 3.63) is 39.9 Å². The third kappa shape index (κ3) is 3.15. The van der Waals surface area contributed by atoms with Crippen LogP contribution >= 0.6 is 11.3 Å². The number of pyridine rings is 1. The van der Waals surface area contributed by atoms with E-state index in [9.17, 15) is 9.90 Å². The highest BCUT2D eigenvalue weighted by molar-refractivity contribution is 7.16. The van der Waals surface area contributed by atoms with E-state index in [0.29, 0.717) is 17.8 Å². The number of carboxylic acid groups (broad SMARTS) is 1. The Morgan fingerprint density at radius 2 is 2.26 bits per heavy atom. The van der Waals surface area contributed by atoms with Crippen LogP contribution in [0, 0.1) is 5.41 Å². The number of nitrogens with zero attached hydrogens (tertiary/aromatic N) is 1. The number of nitrogens with two attached hydrogens (primary N) is 1. The molecule has 2 aromatic heterocycles. The minimum Gasteiger partial charge on any atom is -0.478 e. The monoisotopic (exact) mass is 331 g/mol. The highest BCUT2D eigenvalue weighted by atomic mass is 32.1. The Morgan fingerprint density at radius 3 is 2.96 bits per heavy atom. The number of hydrazine groups is 1. The number of carboxylic acids is 1. The van der Waals surface area contributed by atoms with E-state index in [0.717, 1.165) is 35.4 Å². The zero-order chi connectivity index (χ0) is 16.6. The zero-order valence-corrected chi connectivity index (χ0v) is 14.2. The van der Waals surface area contributed by atoms with E-state index >= 15 is 0 Å². The molecule has 0 spiro atoms. The molecule has 6 heteroatoms. The third-order valence-electron chi connectivity index (χ3n) is 4.31. The van der Waals surface area contributed by atoms with Crippen LogP contribution in [0.15, 0.2) is 18.2 Å². The summed E-state index contributed by atoms with van der Waals surface area (Å²) in [5.74, 6) is 4.49. The fourth-order valence-electron chi connectivity index (χ4n) is 3.14. The highest BCUT2D eigenvalue weighted by Crippen LogP contribution is 2.44. The van der Waals surface area contributed by atoms with Gasteiger partial charge in [-0.25, -0.2) is 4.79 Å². The maximum absolute atomic E-state index is 11.9. The summed E-state index contributed by atoms with van der Waals surface area (Å²) in [7, 11) is 0. The summed E-state index contributed by atoms with van der Waals surface area (Å²) in [6, 6.07) is 5.64. The van der Waals surface area contributed by atoms with E-state index in [2.05, 4.69) is 24.3 Å². The van der Waals surface area contributed by atoms with Gasteiger partial charge in [-0.15, -0.1) is 11.3 Å². The fourth-order valence-corrected chi connectivity index (χ4v) is 4.41. The lowest BCUT2D eigenvalue weighted by molar-refractivity contribution is 0.0696. The Kier molecular flexibility index (Phi) is 4.23. The number of aromatic carboxylic acids is 1. The SMILES string of the molecule is CC1(C)CCc2sc(-c3cccc(CNN)n3)c(C(=O)O)c2C1. The molecule has 0 fully saturated rings. The molecule has 3 rings (SSSR count). The smallest absolute Gasteiger partial charge is 0.337 e. The van der Waals surface area contributed by atoms with Crippen LogP contribution in [0.2, 0.25) is 0 Å². The number of fused-ring (bicyclic) bond motifs is 1. The lowest BCUT2D eigenvalue weighted by Crippen LogP contribution is -2.22. The fraction of sp³-hybridized carbons (Fsp3) is 0.412. The van der Waals surface area contributed by atoms with Gasteiger partial charge in [-0.2, -0.15) is 0 Å². The first-order chi connectivity index (χ1) is 10.9. The number of aromatic nitrogens is 1. The summed E-state index contributed by atoms with van der Waals surface area (Å²) in [4.78, 5) is 18.4. The van der Waals surface area contributed by atoms with Gasteiger partial charge in [0, 0.05) is 4.88 Å². The van der Waals surface area contributed by atoms with Crippen LogP contribution < -0.4 is 11.3 Å². The molecular weight excluding hydrogens is 310 g/mol. The number of rotatable bonds is 4. The molecule has 4 N–H and O–H groups in total. The summed E-state index contributed by atoms with van der Waals surface area (Å²) in [5.41, 5.74) is 5.68. The molecule has 0 atom stereocenters. The van der Waals surface area contributed by atoms with Gasteiger partial charge in [0.15, 0.2) is 0 Å². The molecule has 122 valence electrons. The summed E-state index contributed by atoms with van der Waals surface area (Å²) in [5, 5.41) is 9.76. The number of hydrogen-bond donors (Lipinski definition) is 3. The molecule has 0 radical (unpaired) electrons. The second-order valence-corrected chi connectivity index (χ2v) is 7.85. The standard InChI is InChI=1S/C17H21N3O2S/c1-17(2)7-6-13-11(8-17)14(16(21)22)15(23-13)12-5-3-4-10(20-12)9-19-18/h3-5,19H,6-9,18H2,1-2H3,(H,21,22). The first-order valence-electron chi connectivity index (χ1n) is 7.69. The number of thiophene rings is 1.